The van der Waals surface area contributed by atoms with E-state index in [1.807, 2.05) is 0 Å². The largest absolute Gasteiger partial charge is 0.356 e. The van der Waals surface area contributed by atoms with Crippen molar-refractivity contribution in [3.63, 3.8) is 0 Å². The molecule has 2 aliphatic rings. The third kappa shape index (κ3) is 2.76. The lowest BCUT2D eigenvalue weighted by atomic mass is 9.97. The van der Waals surface area contributed by atoms with Gasteiger partial charge >= 0.3 is 0 Å². The minimum absolute atomic E-state index is 0.922. The van der Waals surface area contributed by atoms with Crippen LogP contribution in [0.5, 0.6) is 0 Å². The summed E-state index contributed by atoms with van der Waals surface area (Å²) in [6.07, 6.45) is 8.95. The van der Waals surface area contributed by atoms with Gasteiger partial charge in [0.2, 0.25) is 0 Å². The highest BCUT2D eigenvalue weighted by Gasteiger charge is 2.05. The van der Waals surface area contributed by atoms with Gasteiger partial charge in [-0.1, -0.05) is 11.6 Å². The normalized spacial score (nSPS) is 21.1. The van der Waals surface area contributed by atoms with E-state index in [0.29, 0.717) is 0 Å². The highest BCUT2D eigenvalue weighted by Crippen LogP contribution is 2.19. The van der Waals surface area contributed by atoms with Crippen molar-refractivity contribution in [3.8, 4) is 0 Å². The van der Waals surface area contributed by atoms with E-state index in [4.69, 9.17) is 0 Å². The number of hydrogen-bond donors (Lipinski definition) is 2. The smallest absolute Gasteiger partial charge is 0.191 e. The van der Waals surface area contributed by atoms with Crippen LogP contribution in [-0.2, 0) is 0 Å². The van der Waals surface area contributed by atoms with Crippen molar-refractivity contribution in [2.75, 3.05) is 19.6 Å². The Labute approximate surface area is 85.7 Å². The van der Waals surface area contributed by atoms with E-state index in [2.05, 4.69) is 21.7 Å². The van der Waals surface area contributed by atoms with Crippen molar-refractivity contribution >= 4 is 5.96 Å². The van der Waals surface area contributed by atoms with Crippen LogP contribution in [0.2, 0.25) is 0 Å². The van der Waals surface area contributed by atoms with Crippen molar-refractivity contribution < 1.29 is 0 Å². The van der Waals surface area contributed by atoms with E-state index in [0.717, 1.165) is 25.6 Å². The zero-order chi connectivity index (χ0) is 9.64. The molecule has 0 fully saturated rings. The summed E-state index contributed by atoms with van der Waals surface area (Å²) in [7, 11) is 0. The first kappa shape index (κ1) is 9.56. The predicted octanol–water partition coefficient (Wildman–Crippen LogP) is 1.43. The van der Waals surface area contributed by atoms with Crippen molar-refractivity contribution in [2.45, 2.75) is 32.1 Å². The van der Waals surface area contributed by atoms with E-state index in [9.17, 15) is 0 Å². The quantitative estimate of drug-likeness (QED) is 0.665. The Bertz CT molecular complexity index is 243. The van der Waals surface area contributed by atoms with E-state index < -0.39 is 0 Å². The molecule has 0 unspecified atom stereocenters. The maximum absolute atomic E-state index is 4.29. The molecule has 3 heteroatoms. The van der Waals surface area contributed by atoms with Crippen molar-refractivity contribution in [1.29, 1.82) is 0 Å². The molecule has 78 valence electrons. The molecule has 2 rings (SSSR count). The fraction of sp³-hybridized carbons (Fsp3) is 0.727. The third-order valence-electron chi connectivity index (χ3n) is 2.80. The summed E-state index contributed by atoms with van der Waals surface area (Å²) in [6.45, 7) is 2.94. The second kappa shape index (κ2) is 5.03. The maximum Gasteiger partial charge on any atom is 0.191 e. The Morgan fingerprint density at radius 3 is 3.14 bits per heavy atom. The first-order valence-corrected chi connectivity index (χ1v) is 5.65. The Hall–Kier alpha value is -0.990. The fourth-order valence-corrected chi connectivity index (χ4v) is 1.99. The molecule has 0 aromatic heterocycles. The highest BCUT2D eigenvalue weighted by atomic mass is 15.2. The van der Waals surface area contributed by atoms with Crippen LogP contribution in [0.15, 0.2) is 16.6 Å². The molecular formula is C11H19N3. The first-order chi connectivity index (χ1) is 6.95. The van der Waals surface area contributed by atoms with Gasteiger partial charge in [-0.05, 0) is 32.1 Å². The molecule has 1 aliphatic carbocycles. The van der Waals surface area contributed by atoms with Crippen LogP contribution in [-0.4, -0.2) is 25.6 Å². The monoisotopic (exact) mass is 193 g/mol. The van der Waals surface area contributed by atoms with Crippen LogP contribution < -0.4 is 10.6 Å². The molecule has 1 aliphatic heterocycles. The number of nitrogens with zero attached hydrogens (tertiary/aromatic N) is 1. The molecule has 0 aromatic carbocycles. The summed E-state index contributed by atoms with van der Waals surface area (Å²) in [5, 5.41) is 6.54. The van der Waals surface area contributed by atoms with Crippen molar-refractivity contribution in [2.24, 2.45) is 4.99 Å². The molecule has 0 bridgehead atoms. The third-order valence-corrected chi connectivity index (χ3v) is 2.80. The molecule has 3 nitrogen and oxygen atoms in total. The molecular weight excluding hydrogens is 174 g/mol. The van der Waals surface area contributed by atoms with Gasteiger partial charge in [0.1, 0.15) is 0 Å². The second-order valence-electron chi connectivity index (χ2n) is 3.94. The number of rotatable bonds is 3. The van der Waals surface area contributed by atoms with Gasteiger partial charge in [0.25, 0.3) is 0 Å². The molecule has 0 saturated carbocycles. The number of aliphatic imine (C=N–C) groups is 1. The second-order valence-corrected chi connectivity index (χ2v) is 3.94. The molecule has 1 heterocycles. The van der Waals surface area contributed by atoms with Gasteiger partial charge in [-0.15, -0.1) is 0 Å². The Morgan fingerprint density at radius 2 is 2.43 bits per heavy atom. The van der Waals surface area contributed by atoms with Crippen LogP contribution in [0.3, 0.4) is 0 Å². The molecule has 0 saturated heterocycles. The summed E-state index contributed by atoms with van der Waals surface area (Å²) >= 11 is 0. The van der Waals surface area contributed by atoms with Gasteiger partial charge in [-0.25, -0.2) is 0 Å². The summed E-state index contributed by atoms with van der Waals surface area (Å²) in [5.74, 6) is 0.987. The summed E-state index contributed by atoms with van der Waals surface area (Å²) in [5.41, 5.74) is 1.63. The van der Waals surface area contributed by atoms with Gasteiger partial charge in [-0.2, -0.15) is 0 Å². The molecule has 0 atom stereocenters. The number of nitrogens with one attached hydrogen (secondary N) is 2. The molecule has 0 amide bonds. The zero-order valence-electron chi connectivity index (χ0n) is 8.68. The van der Waals surface area contributed by atoms with Crippen molar-refractivity contribution in [1.82, 2.24) is 10.6 Å². The maximum atomic E-state index is 4.29. The highest BCUT2D eigenvalue weighted by molar-refractivity contribution is 5.81. The van der Waals surface area contributed by atoms with Gasteiger partial charge in [-0.3, -0.25) is 4.99 Å². The average molecular weight is 193 g/mol. The van der Waals surface area contributed by atoms with Crippen molar-refractivity contribution in [3.05, 3.63) is 11.6 Å². The van der Waals surface area contributed by atoms with Gasteiger partial charge in [0.15, 0.2) is 5.96 Å². The lowest BCUT2D eigenvalue weighted by Crippen LogP contribution is -2.34. The Balaban J connectivity index is 1.64. The van der Waals surface area contributed by atoms with Crippen LogP contribution in [0.1, 0.15) is 32.1 Å². The van der Waals surface area contributed by atoms with E-state index in [1.54, 1.807) is 5.57 Å². The number of hydrogen-bond acceptors (Lipinski definition) is 3. The Kier molecular flexibility index (Phi) is 3.44. The predicted molar refractivity (Wildman–Crippen MR) is 59.5 cm³/mol. The Morgan fingerprint density at radius 1 is 1.43 bits per heavy atom. The molecule has 14 heavy (non-hydrogen) atoms. The topological polar surface area (TPSA) is 36.4 Å². The van der Waals surface area contributed by atoms with Crippen LogP contribution >= 0.6 is 0 Å². The standard InChI is InChI=1S/C11H19N3/c1-2-4-10(5-3-1)6-7-12-11-13-8-9-14-11/h4H,1-3,5-9H2,(H2,12,13,14). The minimum Gasteiger partial charge on any atom is -0.356 e. The van der Waals surface area contributed by atoms with Gasteiger partial charge in [0, 0.05) is 13.1 Å². The number of guanidine groups is 1. The molecule has 2 N–H and O–H groups in total. The van der Waals surface area contributed by atoms with E-state index in [-0.39, 0.29) is 0 Å². The van der Waals surface area contributed by atoms with Gasteiger partial charge < -0.3 is 10.6 Å². The van der Waals surface area contributed by atoms with Crippen LogP contribution in [0.4, 0.5) is 0 Å². The first-order valence-electron chi connectivity index (χ1n) is 5.65. The van der Waals surface area contributed by atoms with Gasteiger partial charge in [0.05, 0.1) is 6.54 Å². The molecule has 0 spiro atoms. The minimum atomic E-state index is 0.922. The molecule has 0 aromatic rings. The number of allylic oxidation sites excluding steroid dienone is 1. The van der Waals surface area contributed by atoms with Crippen LogP contribution in [0.25, 0.3) is 0 Å². The molecule has 0 radical (unpaired) electrons. The van der Waals surface area contributed by atoms with E-state index in [1.165, 1.54) is 32.1 Å². The summed E-state index contributed by atoms with van der Waals surface area (Å²) < 4.78 is 0. The average Bonchev–Trinajstić information content (AvgIpc) is 2.72. The summed E-state index contributed by atoms with van der Waals surface area (Å²) in [4.78, 5) is 4.29. The zero-order valence-corrected chi connectivity index (χ0v) is 8.68. The summed E-state index contributed by atoms with van der Waals surface area (Å²) in [6, 6.07) is 0. The lowest BCUT2D eigenvalue weighted by Gasteiger charge is -2.13. The van der Waals surface area contributed by atoms with E-state index >= 15 is 0 Å². The SMILES string of the molecule is C1=C(CCNC2=NCCN2)CCCC1. The lowest BCUT2D eigenvalue weighted by molar-refractivity contribution is 0.667. The fourth-order valence-electron chi connectivity index (χ4n) is 1.99. The van der Waals surface area contributed by atoms with Crippen LogP contribution in [0, 0.1) is 0 Å².